The summed E-state index contributed by atoms with van der Waals surface area (Å²) in [5.74, 6) is -2.46. The highest BCUT2D eigenvalue weighted by atomic mass is 32.2. The third kappa shape index (κ3) is 3.06. The van der Waals surface area contributed by atoms with Crippen LogP contribution in [0.1, 0.15) is 0 Å². The van der Waals surface area contributed by atoms with Crippen molar-refractivity contribution in [3.05, 3.63) is 70.0 Å². The molecule has 2 amide bonds. The number of carbonyl (C=O) groups excluding carboxylic acids is 2. The molecule has 0 bridgehead atoms. The number of para-hydroxylation sites is 2. The summed E-state index contributed by atoms with van der Waals surface area (Å²) >= 11 is 12.2. The largest absolute Gasteiger partial charge is 0.272 e. The summed E-state index contributed by atoms with van der Waals surface area (Å²) in [6.07, 6.45) is 0. The second-order valence-electron chi connectivity index (χ2n) is 5.58. The molecule has 140 valence electrons. The quantitative estimate of drug-likeness (QED) is 0.492. The van der Waals surface area contributed by atoms with Gasteiger partial charge in [-0.2, -0.15) is 0 Å². The van der Waals surface area contributed by atoms with E-state index in [0.29, 0.717) is 0 Å². The zero-order valence-corrected chi connectivity index (χ0v) is 17.0. The van der Waals surface area contributed by atoms with Crippen molar-refractivity contribution in [3.8, 4) is 0 Å². The van der Waals surface area contributed by atoms with E-state index >= 15 is 0 Å². The van der Waals surface area contributed by atoms with E-state index in [2.05, 4.69) is 0 Å². The number of anilines is 2. The number of thioether (sulfide) groups is 2. The average molecular weight is 451 g/mol. The van der Waals surface area contributed by atoms with Crippen LogP contribution >= 0.6 is 48.0 Å². The summed E-state index contributed by atoms with van der Waals surface area (Å²) in [4.78, 5) is 28.0. The first kappa shape index (κ1) is 19.2. The number of amides is 2. The van der Waals surface area contributed by atoms with Gasteiger partial charge in [0.2, 0.25) is 0 Å². The van der Waals surface area contributed by atoms with E-state index < -0.39 is 23.4 Å². The smallest absolute Gasteiger partial charge is 0.268 e. The maximum absolute atomic E-state index is 14.1. The Morgan fingerprint density at radius 2 is 1.04 bits per heavy atom. The monoisotopic (exact) mass is 450 g/mol. The van der Waals surface area contributed by atoms with Gasteiger partial charge in [0.25, 0.3) is 11.8 Å². The normalized spacial score (nSPS) is 19.9. The van der Waals surface area contributed by atoms with Gasteiger partial charge in [0.05, 0.1) is 21.2 Å². The molecule has 2 saturated heterocycles. The maximum Gasteiger partial charge on any atom is 0.272 e. The number of halogens is 2. The molecule has 2 fully saturated rings. The van der Waals surface area contributed by atoms with Gasteiger partial charge >= 0.3 is 0 Å². The van der Waals surface area contributed by atoms with Crippen LogP contribution in [0.4, 0.5) is 20.2 Å². The van der Waals surface area contributed by atoms with Gasteiger partial charge in [-0.15, -0.1) is 0 Å². The molecule has 0 unspecified atom stereocenters. The van der Waals surface area contributed by atoms with Gasteiger partial charge in [0.1, 0.15) is 11.6 Å². The number of thiocarbonyl (C=S) groups is 2. The van der Waals surface area contributed by atoms with Crippen molar-refractivity contribution in [1.82, 2.24) is 0 Å². The number of hydrogen-bond donors (Lipinski definition) is 0. The van der Waals surface area contributed by atoms with E-state index in [-0.39, 0.29) is 29.8 Å². The van der Waals surface area contributed by atoms with Crippen molar-refractivity contribution in [2.75, 3.05) is 9.80 Å². The molecule has 2 aliphatic rings. The van der Waals surface area contributed by atoms with Crippen LogP contribution in [0.25, 0.3) is 0 Å². The number of rotatable bonds is 2. The van der Waals surface area contributed by atoms with Crippen LogP contribution in [0.15, 0.2) is 58.3 Å². The molecule has 2 aromatic rings. The molecule has 2 heterocycles. The Labute approximate surface area is 177 Å². The van der Waals surface area contributed by atoms with E-state index in [9.17, 15) is 18.4 Å². The van der Waals surface area contributed by atoms with E-state index in [1.807, 2.05) is 0 Å². The molecule has 10 heteroatoms. The fraction of sp³-hybridized carbons (Fsp3) is 0. The summed E-state index contributed by atoms with van der Waals surface area (Å²) in [6.45, 7) is 0. The van der Waals surface area contributed by atoms with Gasteiger partial charge in [-0.05, 0) is 24.3 Å². The van der Waals surface area contributed by atoms with Crippen LogP contribution in [0.2, 0.25) is 0 Å². The van der Waals surface area contributed by atoms with Crippen LogP contribution in [-0.2, 0) is 9.59 Å². The number of benzene rings is 2. The number of carbonyl (C=O) groups is 2. The lowest BCUT2D eigenvalue weighted by molar-refractivity contribution is -0.115. The summed E-state index contributed by atoms with van der Waals surface area (Å²) in [7, 11) is 0. The lowest BCUT2D eigenvalue weighted by atomic mass is 10.2. The van der Waals surface area contributed by atoms with Gasteiger partial charge in [-0.25, -0.2) is 8.78 Å². The summed E-state index contributed by atoms with van der Waals surface area (Å²) in [5, 5.41) is 0. The molecule has 0 spiro atoms. The standard InChI is InChI=1S/C18H8F2N2O2S4/c19-9-5-1-3-7-11(9)21-15(23)13(27-17(21)25)14-16(24)22(18(26)28-14)12-8-4-2-6-10(12)20/h1-8H/b14-13+. The lowest BCUT2D eigenvalue weighted by Gasteiger charge is -2.15. The molecule has 28 heavy (non-hydrogen) atoms. The van der Waals surface area contributed by atoms with E-state index in [1.165, 1.54) is 36.4 Å². The summed E-state index contributed by atoms with van der Waals surface area (Å²) in [6, 6.07) is 11.4. The van der Waals surface area contributed by atoms with Crippen LogP contribution in [0, 0.1) is 11.6 Å². The topological polar surface area (TPSA) is 40.6 Å². The highest BCUT2D eigenvalue weighted by molar-refractivity contribution is 8.30. The van der Waals surface area contributed by atoms with Gasteiger partial charge in [0, 0.05) is 0 Å². The molecule has 0 aromatic heterocycles. The Kier molecular flexibility index (Phi) is 5.04. The van der Waals surface area contributed by atoms with Crippen LogP contribution < -0.4 is 9.80 Å². The van der Waals surface area contributed by atoms with Gasteiger partial charge in [0.15, 0.2) is 8.64 Å². The molecule has 4 nitrogen and oxygen atoms in total. The minimum Gasteiger partial charge on any atom is -0.268 e. The Hall–Kier alpha value is -2.14. The molecule has 2 aromatic carbocycles. The van der Waals surface area contributed by atoms with E-state index in [1.54, 1.807) is 12.1 Å². The van der Waals surface area contributed by atoms with Gasteiger partial charge in [-0.1, -0.05) is 72.2 Å². The zero-order chi connectivity index (χ0) is 20.0. The maximum atomic E-state index is 14.1. The molecule has 0 aliphatic carbocycles. The van der Waals surface area contributed by atoms with Crippen molar-refractivity contribution in [2.45, 2.75) is 0 Å². The first-order chi connectivity index (χ1) is 13.4. The number of hydrogen-bond acceptors (Lipinski definition) is 6. The Bertz CT molecular complexity index is 1020. The first-order valence-electron chi connectivity index (χ1n) is 7.76. The molecular formula is C18H8F2N2O2S4. The zero-order valence-electron chi connectivity index (χ0n) is 13.7. The van der Waals surface area contributed by atoms with E-state index in [0.717, 1.165) is 33.3 Å². The average Bonchev–Trinajstić information content (AvgIpc) is 3.12. The number of nitrogens with zero attached hydrogens (tertiary/aromatic N) is 2. The second-order valence-corrected chi connectivity index (χ2v) is 8.87. The Morgan fingerprint density at radius 3 is 1.39 bits per heavy atom. The third-order valence-corrected chi connectivity index (χ3v) is 6.81. The van der Waals surface area contributed by atoms with Crippen molar-refractivity contribution < 1.29 is 18.4 Å². The van der Waals surface area contributed by atoms with Crippen LogP contribution in [-0.4, -0.2) is 20.5 Å². The van der Waals surface area contributed by atoms with Crippen molar-refractivity contribution in [3.63, 3.8) is 0 Å². The molecule has 0 N–H and O–H groups in total. The molecular weight excluding hydrogens is 442 g/mol. The van der Waals surface area contributed by atoms with Crippen molar-refractivity contribution in [2.24, 2.45) is 0 Å². The fourth-order valence-electron chi connectivity index (χ4n) is 2.69. The predicted molar refractivity (Wildman–Crippen MR) is 115 cm³/mol. The Morgan fingerprint density at radius 1 is 0.679 bits per heavy atom. The van der Waals surface area contributed by atoms with Crippen molar-refractivity contribution in [1.29, 1.82) is 0 Å². The SMILES string of the molecule is O=C1/C(=C2\SC(=S)N(c3ccccc3F)C2=O)SC(=S)N1c1ccccc1F. The molecule has 2 aliphatic heterocycles. The van der Waals surface area contributed by atoms with Gasteiger partial charge < -0.3 is 0 Å². The molecule has 4 rings (SSSR count). The fourth-order valence-corrected chi connectivity index (χ4v) is 5.41. The molecule has 0 radical (unpaired) electrons. The lowest BCUT2D eigenvalue weighted by Crippen LogP contribution is -2.30. The highest BCUT2D eigenvalue weighted by Crippen LogP contribution is 2.45. The Balaban J connectivity index is 1.75. The first-order valence-corrected chi connectivity index (χ1v) is 10.2. The van der Waals surface area contributed by atoms with E-state index in [4.69, 9.17) is 24.4 Å². The highest BCUT2D eigenvalue weighted by Gasteiger charge is 2.44. The van der Waals surface area contributed by atoms with Crippen molar-refractivity contribution >= 4 is 79.8 Å². The predicted octanol–water partition coefficient (Wildman–Crippen LogP) is 4.61. The van der Waals surface area contributed by atoms with Gasteiger partial charge in [-0.3, -0.25) is 19.4 Å². The molecule has 0 saturated carbocycles. The second kappa shape index (κ2) is 7.36. The molecule has 0 atom stereocenters. The minimum atomic E-state index is -0.617. The van der Waals surface area contributed by atoms with Crippen LogP contribution in [0.3, 0.4) is 0 Å². The third-order valence-electron chi connectivity index (χ3n) is 3.93. The summed E-state index contributed by atoms with van der Waals surface area (Å²) in [5.41, 5.74) is 0.00849. The van der Waals surface area contributed by atoms with Crippen LogP contribution in [0.5, 0.6) is 0 Å². The summed E-state index contributed by atoms with van der Waals surface area (Å²) < 4.78 is 28.5. The minimum absolute atomic E-state index is 0.00424.